The first-order valence-electron chi connectivity index (χ1n) is 11.3. The quantitative estimate of drug-likeness (QED) is 0.357. The molecule has 2 atom stereocenters. The second-order valence-corrected chi connectivity index (χ2v) is 8.16. The number of benzene rings is 3. The van der Waals surface area contributed by atoms with Crippen LogP contribution >= 0.6 is 0 Å². The molecule has 0 N–H and O–H groups in total. The van der Waals surface area contributed by atoms with Gasteiger partial charge in [-0.05, 0) is 61.6 Å². The molecular formula is C28H27F3O2. The van der Waals surface area contributed by atoms with Crippen LogP contribution in [-0.4, -0.2) is 19.3 Å². The van der Waals surface area contributed by atoms with Crippen molar-refractivity contribution in [3.63, 3.8) is 0 Å². The molecule has 0 radical (unpaired) electrons. The summed E-state index contributed by atoms with van der Waals surface area (Å²) < 4.78 is 54.7. The maximum Gasteiger partial charge on any atom is 0.201 e. The Kier molecular flexibility index (Phi) is 7.19. The molecule has 1 aliphatic heterocycles. The zero-order valence-corrected chi connectivity index (χ0v) is 18.8. The van der Waals surface area contributed by atoms with Crippen molar-refractivity contribution < 1.29 is 22.6 Å². The summed E-state index contributed by atoms with van der Waals surface area (Å²) in [5.41, 5.74) is 2.70. The Morgan fingerprint density at radius 2 is 1.61 bits per heavy atom. The van der Waals surface area contributed by atoms with Crippen molar-refractivity contribution in [1.82, 2.24) is 0 Å². The summed E-state index contributed by atoms with van der Waals surface area (Å²) >= 11 is 0. The summed E-state index contributed by atoms with van der Waals surface area (Å²) in [6.45, 7) is 4.51. The SMILES string of the molecule is C/C=C/C1CCC(c2ccc(-c3ccc(-c4ccc(OCC)c(F)c4F)cc3)c(F)c2)CO1. The molecule has 1 saturated heterocycles. The maximum atomic E-state index is 15.0. The molecule has 0 bridgehead atoms. The third-order valence-corrected chi connectivity index (χ3v) is 6.04. The molecule has 0 saturated carbocycles. The van der Waals surface area contributed by atoms with Gasteiger partial charge in [0.25, 0.3) is 0 Å². The summed E-state index contributed by atoms with van der Waals surface area (Å²) in [7, 11) is 0. The van der Waals surface area contributed by atoms with E-state index in [1.807, 2.05) is 19.1 Å². The number of halogens is 3. The van der Waals surface area contributed by atoms with E-state index in [2.05, 4.69) is 6.08 Å². The van der Waals surface area contributed by atoms with Crippen LogP contribution in [0.1, 0.15) is 38.2 Å². The van der Waals surface area contributed by atoms with Crippen LogP contribution in [0.4, 0.5) is 13.2 Å². The monoisotopic (exact) mass is 452 g/mol. The van der Waals surface area contributed by atoms with Gasteiger partial charge in [-0.15, -0.1) is 0 Å². The fourth-order valence-corrected chi connectivity index (χ4v) is 4.27. The average molecular weight is 453 g/mol. The smallest absolute Gasteiger partial charge is 0.201 e. The molecule has 3 aromatic rings. The summed E-state index contributed by atoms with van der Waals surface area (Å²) in [4.78, 5) is 0. The molecule has 2 nitrogen and oxygen atoms in total. The molecule has 0 amide bonds. The molecule has 0 spiro atoms. The van der Waals surface area contributed by atoms with Gasteiger partial charge in [-0.3, -0.25) is 0 Å². The van der Waals surface area contributed by atoms with Crippen LogP contribution in [0.2, 0.25) is 0 Å². The topological polar surface area (TPSA) is 18.5 Å². The van der Waals surface area contributed by atoms with Gasteiger partial charge in [-0.2, -0.15) is 4.39 Å². The highest BCUT2D eigenvalue weighted by Gasteiger charge is 2.22. The van der Waals surface area contributed by atoms with E-state index >= 15 is 0 Å². The maximum absolute atomic E-state index is 15.0. The number of allylic oxidation sites excluding steroid dienone is 1. The Hall–Kier alpha value is -3.05. The molecule has 2 unspecified atom stereocenters. The molecule has 4 rings (SSSR count). The molecule has 0 aromatic heterocycles. The molecule has 1 aliphatic rings. The van der Waals surface area contributed by atoms with Crippen LogP contribution in [-0.2, 0) is 4.74 Å². The zero-order valence-electron chi connectivity index (χ0n) is 18.8. The molecule has 1 heterocycles. The summed E-state index contributed by atoms with van der Waals surface area (Å²) in [5.74, 6) is -2.22. The van der Waals surface area contributed by atoms with Crippen molar-refractivity contribution in [3.05, 3.63) is 89.8 Å². The first-order valence-corrected chi connectivity index (χ1v) is 11.3. The number of ether oxygens (including phenoxy) is 2. The Bertz CT molecular complexity index is 1130. The lowest BCUT2D eigenvalue weighted by Gasteiger charge is -2.28. The highest BCUT2D eigenvalue weighted by molar-refractivity contribution is 5.71. The Morgan fingerprint density at radius 3 is 2.21 bits per heavy atom. The molecule has 33 heavy (non-hydrogen) atoms. The van der Waals surface area contributed by atoms with E-state index in [-0.39, 0.29) is 35.8 Å². The van der Waals surface area contributed by atoms with Crippen molar-refractivity contribution in [1.29, 1.82) is 0 Å². The van der Waals surface area contributed by atoms with Gasteiger partial charge < -0.3 is 9.47 Å². The predicted octanol–water partition coefficient (Wildman–Crippen LogP) is 7.68. The van der Waals surface area contributed by atoms with E-state index in [9.17, 15) is 13.2 Å². The minimum Gasteiger partial charge on any atom is -0.491 e. The average Bonchev–Trinajstić information content (AvgIpc) is 2.83. The van der Waals surface area contributed by atoms with Gasteiger partial charge in [0.1, 0.15) is 5.82 Å². The number of hydrogen-bond acceptors (Lipinski definition) is 2. The zero-order chi connectivity index (χ0) is 23.4. The third-order valence-electron chi connectivity index (χ3n) is 6.04. The second-order valence-electron chi connectivity index (χ2n) is 8.16. The van der Waals surface area contributed by atoms with E-state index in [4.69, 9.17) is 9.47 Å². The lowest BCUT2D eigenvalue weighted by molar-refractivity contribution is 0.0326. The van der Waals surface area contributed by atoms with Crippen molar-refractivity contribution in [2.75, 3.05) is 13.2 Å². The van der Waals surface area contributed by atoms with E-state index in [0.717, 1.165) is 18.4 Å². The molecular weight excluding hydrogens is 425 g/mol. The standard InChI is InChI=1S/C28H27F3O2/c1-3-5-22-12-10-21(17-33-22)20-11-13-23(25(29)16-20)18-6-8-19(9-7-18)24-14-15-26(32-4-2)28(31)27(24)30/h3,5-9,11,13-16,21-22H,4,10,12,17H2,1-2H3/b5-3+. The van der Waals surface area contributed by atoms with Gasteiger partial charge in [-0.25, -0.2) is 8.78 Å². The van der Waals surface area contributed by atoms with Gasteiger partial charge in [0.2, 0.25) is 5.82 Å². The van der Waals surface area contributed by atoms with E-state index < -0.39 is 11.6 Å². The van der Waals surface area contributed by atoms with Crippen LogP contribution in [0.15, 0.2) is 66.7 Å². The molecule has 3 aromatic carbocycles. The molecule has 172 valence electrons. The second kappa shape index (κ2) is 10.3. The van der Waals surface area contributed by atoms with Gasteiger partial charge in [-0.1, -0.05) is 48.6 Å². The fourth-order valence-electron chi connectivity index (χ4n) is 4.27. The van der Waals surface area contributed by atoms with Crippen molar-refractivity contribution >= 4 is 0 Å². The number of hydrogen-bond donors (Lipinski definition) is 0. The predicted molar refractivity (Wildman–Crippen MR) is 125 cm³/mol. The normalized spacial score (nSPS) is 18.6. The summed E-state index contributed by atoms with van der Waals surface area (Å²) in [5, 5.41) is 0. The van der Waals surface area contributed by atoms with Gasteiger partial charge >= 0.3 is 0 Å². The largest absolute Gasteiger partial charge is 0.491 e. The Morgan fingerprint density at radius 1 is 0.909 bits per heavy atom. The minimum absolute atomic E-state index is 0.113. The van der Waals surface area contributed by atoms with Crippen LogP contribution in [0.3, 0.4) is 0 Å². The van der Waals surface area contributed by atoms with Gasteiger partial charge in [0.15, 0.2) is 11.6 Å². The van der Waals surface area contributed by atoms with E-state index in [1.54, 1.807) is 43.3 Å². The van der Waals surface area contributed by atoms with Crippen molar-refractivity contribution in [2.24, 2.45) is 0 Å². The lowest BCUT2D eigenvalue weighted by Crippen LogP contribution is -2.23. The Balaban J connectivity index is 1.52. The molecule has 5 heteroatoms. The highest BCUT2D eigenvalue weighted by atomic mass is 19.2. The van der Waals surface area contributed by atoms with Gasteiger partial charge in [0.05, 0.1) is 19.3 Å². The molecule has 0 aliphatic carbocycles. The van der Waals surface area contributed by atoms with Crippen LogP contribution in [0.5, 0.6) is 5.75 Å². The first-order chi connectivity index (χ1) is 16.0. The van der Waals surface area contributed by atoms with E-state index in [0.29, 0.717) is 23.3 Å². The highest BCUT2D eigenvalue weighted by Crippen LogP contribution is 2.34. The first kappa shape index (κ1) is 23.1. The van der Waals surface area contributed by atoms with Crippen molar-refractivity contribution in [3.8, 4) is 28.0 Å². The third kappa shape index (κ3) is 4.98. The Labute approximate surface area is 192 Å². The van der Waals surface area contributed by atoms with E-state index in [1.165, 1.54) is 12.1 Å². The lowest BCUT2D eigenvalue weighted by atomic mass is 9.89. The molecule has 1 fully saturated rings. The summed E-state index contributed by atoms with van der Waals surface area (Å²) in [6, 6.07) is 15.0. The van der Waals surface area contributed by atoms with Crippen LogP contribution in [0.25, 0.3) is 22.3 Å². The van der Waals surface area contributed by atoms with Crippen LogP contribution < -0.4 is 4.74 Å². The summed E-state index contributed by atoms with van der Waals surface area (Å²) in [6.07, 6.45) is 6.06. The van der Waals surface area contributed by atoms with Crippen molar-refractivity contribution in [2.45, 2.75) is 38.7 Å². The minimum atomic E-state index is -1.01. The van der Waals surface area contributed by atoms with Gasteiger partial charge in [0, 0.05) is 17.0 Å². The van der Waals surface area contributed by atoms with Crippen LogP contribution in [0, 0.1) is 17.5 Å². The fraction of sp³-hybridized carbons (Fsp3) is 0.286. The number of rotatable bonds is 6.